The Balaban J connectivity index is 0.000000213. The van der Waals surface area contributed by atoms with Crippen LogP contribution in [0.5, 0.6) is 0 Å². The molecule has 0 saturated heterocycles. The number of benzene rings is 7. The molecule has 5 N–H and O–H groups in total. The minimum absolute atomic E-state index is 0.0208. The summed E-state index contributed by atoms with van der Waals surface area (Å²) in [5.74, 6) is -5.77. The van der Waals surface area contributed by atoms with E-state index in [4.69, 9.17) is 67.1 Å². The summed E-state index contributed by atoms with van der Waals surface area (Å²) in [6, 6.07) is 45.1. The first-order chi connectivity index (χ1) is 60.6. The first-order valence-corrected chi connectivity index (χ1v) is 50.1. The first kappa shape index (κ1) is 103. The van der Waals surface area contributed by atoms with Gasteiger partial charge in [0.1, 0.15) is 41.5 Å². The van der Waals surface area contributed by atoms with E-state index < -0.39 is 137 Å². The lowest BCUT2D eigenvalue weighted by Gasteiger charge is -2.32. The lowest BCUT2D eigenvalue weighted by Crippen LogP contribution is -2.59. The Bertz CT molecular complexity index is 6790. The molecule has 12 aromatic rings. The van der Waals surface area contributed by atoms with Gasteiger partial charge in [-0.3, -0.25) is 44.3 Å². The van der Waals surface area contributed by atoms with Crippen LogP contribution in [0.3, 0.4) is 0 Å². The third kappa shape index (κ3) is 22.8. The Kier molecular flexibility index (Phi) is 33.1. The van der Waals surface area contributed by atoms with Crippen LogP contribution < -0.4 is 26.6 Å². The van der Waals surface area contributed by atoms with E-state index in [0.29, 0.717) is 54.4 Å². The predicted molar refractivity (Wildman–Crippen MR) is 500 cm³/mol. The summed E-state index contributed by atoms with van der Waals surface area (Å²) in [5.41, 5.74) is 4.09. The third-order valence-corrected chi connectivity index (χ3v) is 35.8. The molecule has 5 aromatic heterocycles. The normalized spacial score (nSPS) is 13.6. The fraction of sp³-hybridized carbons (Fsp3) is 0.303. The second kappa shape index (κ2) is 41.6. The molecular weight excluding hydrogens is 1900 g/mol. The van der Waals surface area contributed by atoms with Crippen molar-refractivity contribution < 1.29 is 83.9 Å². The van der Waals surface area contributed by atoms with Crippen molar-refractivity contribution in [3.8, 4) is 11.3 Å². The SMILES string of the molecule is CC(C)c1cc(NC(=O)C(C)(C)S(=O)(=O)c2ccc(Cl)cc2)on1.CC(Cc1nc(-c2ccccc2)cs1)(C(=O)NCC(C)(C(=O)Nc1cnc2ccccc2c1)S(=O)(=O)c1ccc(Cl)cc1F)S(=O)(=O)c1ccc(Cl)cc1F.CCC(C)c1cc(NC(=O)C(C)(C)S(=O)(=O)c2ccc(Cl)cc2)n(C)n1.CCC(C)c1cc(NC(=O)C(C)(C)S(=O)(=O)c2ccc(Cl)cc2)on1. The Morgan fingerprint density at radius 1 is 0.462 bits per heavy atom. The molecule has 0 saturated carbocycles. The number of hydrogen-bond donors (Lipinski definition) is 5. The van der Waals surface area contributed by atoms with Gasteiger partial charge in [0.2, 0.25) is 41.3 Å². The fourth-order valence-corrected chi connectivity index (χ4v) is 21.3. The molecule has 0 aliphatic heterocycles. The number of fused-ring (bicyclic) bond motifs is 1. The number of nitrogens with zero attached hydrogens (tertiary/aromatic N) is 6. The van der Waals surface area contributed by atoms with Gasteiger partial charge in [-0.15, -0.1) is 11.3 Å². The van der Waals surface area contributed by atoms with E-state index >= 15 is 8.78 Å². The second-order valence-electron chi connectivity index (χ2n) is 32.2. The highest BCUT2D eigenvalue weighted by Crippen LogP contribution is 2.39. The van der Waals surface area contributed by atoms with Gasteiger partial charge in [0, 0.05) is 91.5 Å². The molecule has 130 heavy (non-hydrogen) atoms. The number of sulfone groups is 5. The number of carbonyl (C=O) groups is 5. The summed E-state index contributed by atoms with van der Waals surface area (Å²) in [7, 11) is -20.1. The maximum atomic E-state index is 15.3. The number of hydrogen-bond acceptors (Lipinski definition) is 23. The van der Waals surface area contributed by atoms with E-state index in [1.807, 2.05) is 34.6 Å². The van der Waals surface area contributed by atoms with E-state index in [1.54, 1.807) is 89.9 Å². The van der Waals surface area contributed by atoms with Gasteiger partial charge in [-0.25, -0.2) is 55.9 Å². The number of nitrogens with one attached hydrogen (secondary N) is 5. The van der Waals surface area contributed by atoms with Crippen molar-refractivity contribution >= 4 is 182 Å². The van der Waals surface area contributed by atoms with Crippen molar-refractivity contribution in [2.45, 2.75) is 182 Å². The molecule has 4 unspecified atom stereocenters. The topological polar surface area (TPSA) is 412 Å². The number of anilines is 4. The van der Waals surface area contributed by atoms with E-state index in [2.05, 4.69) is 58.9 Å². The van der Waals surface area contributed by atoms with Crippen LogP contribution in [0.4, 0.5) is 32.1 Å². The summed E-state index contributed by atoms with van der Waals surface area (Å²) in [5, 5.41) is 28.1. The smallest absolute Gasteiger partial charge is 0.248 e. The quantitative estimate of drug-likeness (QED) is 0.0291. The van der Waals surface area contributed by atoms with Gasteiger partial charge in [0.15, 0.2) is 58.7 Å². The highest BCUT2D eigenvalue weighted by atomic mass is 35.5. The molecule has 41 heteroatoms. The number of para-hydroxylation sites is 1. The molecule has 4 atom stereocenters. The zero-order valence-corrected chi connectivity index (χ0v) is 81.5. The van der Waals surface area contributed by atoms with Crippen LogP contribution in [-0.2, 0) is 86.6 Å². The Labute approximate surface area is 782 Å². The number of carbonyl (C=O) groups excluding carboxylic acids is 5. The van der Waals surface area contributed by atoms with E-state index in [1.165, 1.54) is 127 Å². The molecule has 0 aliphatic rings. The molecule has 692 valence electrons. The summed E-state index contributed by atoms with van der Waals surface area (Å²) in [4.78, 5) is 73.5. The Hall–Kier alpha value is -10.4. The molecule has 28 nitrogen and oxygen atoms in total. The van der Waals surface area contributed by atoms with Crippen LogP contribution in [0.25, 0.3) is 22.2 Å². The number of halogens is 7. The van der Waals surface area contributed by atoms with Crippen LogP contribution >= 0.6 is 69.3 Å². The molecule has 0 radical (unpaired) electrons. The third-order valence-electron chi connectivity index (χ3n) is 21.6. The molecule has 0 aliphatic carbocycles. The number of amides is 5. The number of pyridine rings is 1. The van der Waals surface area contributed by atoms with Gasteiger partial charge in [-0.1, -0.05) is 158 Å². The number of aryl methyl sites for hydroxylation is 1. The average Bonchev–Trinajstić information content (AvgIpc) is 0.938. The number of rotatable bonds is 29. The second-order valence-corrected chi connectivity index (χ2v) is 47.5. The Morgan fingerprint density at radius 3 is 1.32 bits per heavy atom. The maximum Gasteiger partial charge on any atom is 0.248 e. The highest BCUT2D eigenvalue weighted by Gasteiger charge is 2.54. The van der Waals surface area contributed by atoms with E-state index in [0.717, 1.165) is 80.1 Å². The maximum absolute atomic E-state index is 15.3. The molecule has 0 fully saturated rings. The van der Waals surface area contributed by atoms with Crippen molar-refractivity contribution in [3.63, 3.8) is 0 Å². The van der Waals surface area contributed by atoms with E-state index in [9.17, 15) is 66.1 Å². The van der Waals surface area contributed by atoms with Crippen molar-refractivity contribution in [1.29, 1.82) is 0 Å². The molecule has 5 amide bonds. The van der Waals surface area contributed by atoms with E-state index in [-0.39, 0.29) is 64.9 Å². The first-order valence-electron chi connectivity index (χ1n) is 39.9. The van der Waals surface area contributed by atoms with Crippen LogP contribution in [-0.4, -0.2) is 132 Å². The minimum atomic E-state index is -5.05. The molecule has 0 spiro atoms. The predicted octanol–water partition coefficient (Wildman–Crippen LogP) is 19.2. The number of aromatic nitrogens is 6. The van der Waals surface area contributed by atoms with Gasteiger partial charge >= 0.3 is 0 Å². The van der Waals surface area contributed by atoms with Gasteiger partial charge < -0.3 is 25.0 Å². The highest BCUT2D eigenvalue weighted by molar-refractivity contribution is 7.95. The molecule has 5 heterocycles. The van der Waals surface area contributed by atoms with Crippen molar-refractivity contribution in [1.82, 2.24) is 35.4 Å². The summed E-state index contributed by atoms with van der Waals surface area (Å²) in [6.45, 7) is 21.0. The Morgan fingerprint density at radius 2 is 0.877 bits per heavy atom. The standard InChI is InChI=1S/C38H30Cl2F2N4O6S3.C18H24ClN3O3S.C17H21ClN2O4S.C16H19ClN2O4S/c1-37(54(49,50)32-14-12-25(39)17-28(32)41,19-34-46-31(21-53-34)23-8-4-3-5-9-23)35(47)44-22-38(2,55(51,52)33-15-13-26(40)18-29(33)42)36(48)45-27-16-24-10-6-7-11-30(24)43-20-27;1-6-12(2)15-11-16(22(5)21-15)20-17(23)18(3,4)26(24,25)14-9-7-13(19)8-10-14;1-5-11(2)14-10-15(24-20-14)19-16(21)17(3,4)25(22,23)13-8-6-12(18)7-9-13;1-10(2)13-9-14(23-19-13)18-15(20)16(3,4)24(21,22)12-7-5-11(17)6-8-12/h3-18,20-21H,19,22H2,1-2H3,(H,44,47)(H,45,48);7-12H,6H2,1-5H3,(H,20,23);6-11H,5H2,1-4H3,(H,19,21);5-10H,1-4H3,(H,18,20). The minimum Gasteiger partial charge on any atom is -0.353 e. The molecule has 0 bridgehead atoms. The molecule has 12 rings (SSSR count). The van der Waals surface area contributed by atoms with Crippen LogP contribution in [0.15, 0.2) is 233 Å². The van der Waals surface area contributed by atoms with Gasteiger partial charge in [0.05, 0.1) is 59.9 Å². The van der Waals surface area contributed by atoms with Crippen LogP contribution in [0.1, 0.15) is 150 Å². The number of thiazole rings is 1. The molecule has 7 aromatic carbocycles. The zero-order valence-electron chi connectivity index (χ0n) is 72.8. The summed E-state index contributed by atoms with van der Waals surface area (Å²) < 4.78 is 166. The van der Waals surface area contributed by atoms with Crippen LogP contribution in [0.2, 0.25) is 25.1 Å². The summed E-state index contributed by atoms with van der Waals surface area (Å²) >= 11 is 30.2. The zero-order chi connectivity index (χ0) is 96.4. The van der Waals surface area contributed by atoms with Crippen molar-refractivity contribution in [2.24, 2.45) is 7.05 Å². The van der Waals surface area contributed by atoms with Gasteiger partial charge in [-0.05, 0) is 195 Å². The lowest BCUT2D eigenvalue weighted by atomic mass is 10.0. The largest absolute Gasteiger partial charge is 0.353 e. The monoisotopic (exact) mass is 1990 g/mol. The molecular formula is C89H94Cl5F2N11O17S6. The van der Waals surface area contributed by atoms with Crippen molar-refractivity contribution in [3.05, 3.63) is 258 Å². The van der Waals surface area contributed by atoms with Crippen molar-refractivity contribution in [2.75, 3.05) is 27.8 Å². The lowest BCUT2D eigenvalue weighted by molar-refractivity contribution is -0.124. The average molecular weight is 2000 g/mol. The fourth-order valence-electron chi connectivity index (χ4n) is 12.1. The van der Waals surface area contributed by atoms with Gasteiger partial charge in [0.25, 0.3) is 0 Å². The van der Waals surface area contributed by atoms with Crippen LogP contribution in [0, 0.1) is 11.6 Å². The van der Waals surface area contributed by atoms with Gasteiger partial charge in [-0.2, -0.15) is 5.10 Å². The summed E-state index contributed by atoms with van der Waals surface area (Å²) in [6.07, 6.45) is 2.49.